The van der Waals surface area contributed by atoms with Gasteiger partial charge in [0.1, 0.15) is 10.1 Å². The monoisotopic (exact) mass is 428 g/mol. The molecule has 0 bridgehead atoms. The summed E-state index contributed by atoms with van der Waals surface area (Å²) in [5, 5.41) is 47.3. The zero-order valence-corrected chi connectivity index (χ0v) is 16.9. The largest absolute Gasteiger partial charge is 0.747 e. The molecule has 2 unspecified atom stereocenters. The average molecular weight is 428 g/mol. The van der Waals surface area contributed by atoms with E-state index in [2.05, 4.69) is 5.32 Å². The lowest BCUT2D eigenvalue weighted by atomic mass is 10.0. The third-order valence-corrected chi connectivity index (χ3v) is 5.19. The van der Waals surface area contributed by atoms with Crippen LogP contribution < -0.4 is 5.32 Å². The molecule has 0 aromatic heterocycles. The molecule has 0 saturated heterocycles. The fraction of sp³-hybridized carbons (Fsp3) is 0.368. The van der Waals surface area contributed by atoms with E-state index in [0.717, 1.165) is 18.6 Å². The Morgan fingerprint density at radius 1 is 0.931 bits per heavy atom. The van der Waals surface area contributed by atoms with Gasteiger partial charge in [-0.05, 0) is 48.9 Å². The van der Waals surface area contributed by atoms with Crippen LogP contribution in [0.2, 0.25) is 0 Å². The van der Waals surface area contributed by atoms with Crippen molar-refractivity contribution in [1.82, 2.24) is 5.32 Å². The first-order valence-electron chi connectivity index (χ1n) is 8.82. The van der Waals surface area contributed by atoms with E-state index in [9.17, 15) is 23.2 Å². The van der Waals surface area contributed by atoms with Crippen LogP contribution in [0.1, 0.15) is 42.2 Å². The SMILES string of the molecule is CCCC(O)c1ccc(O)c(O)c1.CNCC(c1ccc(O)c(O)c1)S(=O)(=O)[O-]. The van der Waals surface area contributed by atoms with E-state index in [1.54, 1.807) is 6.07 Å². The smallest absolute Gasteiger partial charge is 0.157 e. The molecular weight excluding hydrogens is 402 g/mol. The summed E-state index contributed by atoms with van der Waals surface area (Å²) in [6.45, 7) is 1.92. The van der Waals surface area contributed by atoms with Crippen molar-refractivity contribution in [2.75, 3.05) is 13.6 Å². The van der Waals surface area contributed by atoms with E-state index in [1.165, 1.54) is 25.2 Å². The molecule has 0 heterocycles. The van der Waals surface area contributed by atoms with E-state index >= 15 is 0 Å². The molecule has 0 spiro atoms. The molecule has 0 amide bonds. The Bertz CT molecular complexity index is 901. The molecule has 0 fully saturated rings. The van der Waals surface area contributed by atoms with Gasteiger partial charge in [0.15, 0.2) is 23.0 Å². The lowest BCUT2D eigenvalue weighted by Gasteiger charge is -2.20. The molecular formula is C19H26NO8S-. The van der Waals surface area contributed by atoms with Crippen LogP contribution in [-0.4, -0.2) is 52.1 Å². The third kappa shape index (κ3) is 7.42. The van der Waals surface area contributed by atoms with Crippen molar-refractivity contribution in [3.05, 3.63) is 47.5 Å². The van der Waals surface area contributed by atoms with Crippen LogP contribution in [0.15, 0.2) is 36.4 Å². The zero-order chi connectivity index (χ0) is 22.2. The van der Waals surface area contributed by atoms with E-state index in [4.69, 9.17) is 15.3 Å². The highest BCUT2D eigenvalue weighted by Gasteiger charge is 2.19. The van der Waals surface area contributed by atoms with Gasteiger partial charge in [-0.25, -0.2) is 8.42 Å². The Labute approximate surface area is 169 Å². The summed E-state index contributed by atoms with van der Waals surface area (Å²) in [4.78, 5) is 0. The molecule has 0 saturated carbocycles. The summed E-state index contributed by atoms with van der Waals surface area (Å²) < 4.78 is 32.9. The predicted molar refractivity (Wildman–Crippen MR) is 106 cm³/mol. The number of hydrogen-bond acceptors (Lipinski definition) is 9. The van der Waals surface area contributed by atoms with Crippen LogP contribution in [0.25, 0.3) is 0 Å². The van der Waals surface area contributed by atoms with Crippen LogP contribution in [0, 0.1) is 0 Å². The van der Waals surface area contributed by atoms with Gasteiger partial charge in [0, 0.05) is 6.54 Å². The van der Waals surface area contributed by atoms with E-state index in [1.807, 2.05) is 6.92 Å². The molecule has 2 aromatic carbocycles. The van der Waals surface area contributed by atoms with Crippen LogP contribution in [0.5, 0.6) is 23.0 Å². The first kappa shape index (κ1) is 24.5. The van der Waals surface area contributed by atoms with Gasteiger partial charge in [-0.2, -0.15) is 0 Å². The normalized spacial score (nSPS) is 13.2. The highest BCUT2D eigenvalue weighted by molar-refractivity contribution is 7.86. The van der Waals surface area contributed by atoms with Crippen molar-refractivity contribution in [3.8, 4) is 23.0 Å². The third-order valence-electron chi connectivity index (χ3n) is 4.06. The second-order valence-corrected chi connectivity index (χ2v) is 7.89. The molecule has 0 radical (unpaired) electrons. The first-order valence-corrected chi connectivity index (χ1v) is 10.3. The standard InChI is InChI=1S/C10H14O3.C9H13NO5S/c1-2-3-8(11)7-4-5-9(12)10(13)6-7;1-10-5-9(16(13,14)15)6-2-3-7(11)8(12)4-6/h4-6,8,11-13H,2-3H2,1H3;2-4,9-12H,5H2,1H3,(H,13,14,15)/p-1. The number of aromatic hydroxyl groups is 4. The average Bonchev–Trinajstić information content (AvgIpc) is 2.64. The number of phenols is 4. The second-order valence-electron chi connectivity index (χ2n) is 6.34. The van der Waals surface area contributed by atoms with Gasteiger partial charge in [-0.3, -0.25) is 0 Å². The van der Waals surface area contributed by atoms with Gasteiger partial charge in [0.05, 0.1) is 11.4 Å². The molecule has 0 aliphatic rings. The molecule has 0 aliphatic carbocycles. The van der Waals surface area contributed by atoms with Gasteiger partial charge < -0.3 is 35.4 Å². The number of likely N-dealkylation sites (N-methyl/N-ethyl adjacent to an activating group) is 1. The summed E-state index contributed by atoms with van der Waals surface area (Å²) in [5.41, 5.74) is 0.775. The number of nitrogens with one attached hydrogen (secondary N) is 1. The topological polar surface area (TPSA) is 170 Å². The number of aliphatic hydroxyl groups is 1. The summed E-state index contributed by atoms with van der Waals surface area (Å²) in [7, 11) is -3.00. The van der Waals surface area contributed by atoms with Gasteiger partial charge >= 0.3 is 0 Å². The predicted octanol–water partition coefficient (Wildman–Crippen LogP) is 1.83. The minimum absolute atomic E-state index is 0.0595. The molecule has 10 heteroatoms. The maximum atomic E-state index is 11.0. The Kier molecular flexibility index (Phi) is 9.18. The Morgan fingerprint density at radius 2 is 1.41 bits per heavy atom. The lowest BCUT2D eigenvalue weighted by Crippen LogP contribution is -2.24. The van der Waals surface area contributed by atoms with Crippen molar-refractivity contribution in [2.45, 2.75) is 31.1 Å². The van der Waals surface area contributed by atoms with E-state index in [-0.39, 0.29) is 29.4 Å². The van der Waals surface area contributed by atoms with Crippen molar-refractivity contribution >= 4 is 10.1 Å². The molecule has 2 rings (SSSR count). The minimum Gasteiger partial charge on any atom is -0.747 e. The van der Waals surface area contributed by atoms with Crippen molar-refractivity contribution in [3.63, 3.8) is 0 Å². The number of phenolic OH excluding ortho intramolecular Hbond substituents is 4. The fourth-order valence-corrected chi connectivity index (χ4v) is 3.35. The first-order chi connectivity index (χ1) is 13.5. The van der Waals surface area contributed by atoms with Gasteiger partial charge in [-0.1, -0.05) is 25.5 Å². The van der Waals surface area contributed by atoms with Gasteiger partial charge in [0.2, 0.25) is 0 Å². The highest BCUT2D eigenvalue weighted by atomic mass is 32.2. The number of rotatable bonds is 7. The fourth-order valence-electron chi connectivity index (χ4n) is 2.50. The molecule has 0 aliphatic heterocycles. The van der Waals surface area contributed by atoms with Gasteiger partial charge in [-0.15, -0.1) is 0 Å². The van der Waals surface area contributed by atoms with Crippen molar-refractivity contribution in [1.29, 1.82) is 0 Å². The maximum Gasteiger partial charge on any atom is 0.157 e. The lowest BCUT2D eigenvalue weighted by molar-refractivity contribution is 0.166. The minimum atomic E-state index is -4.51. The molecule has 2 atom stereocenters. The Balaban J connectivity index is 0.000000296. The summed E-state index contributed by atoms with van der Waals surface area (Å²) in [6.07, 6.45) is 0.976. The van der Waals surface area contributed by atoms with Crippen molar-refractivity contribution < 1.29 is 38.5 Å². The van der Waals surface area contributed by atoms with E-state index < -0.39 is 27.2 Å². The number of hydrogen-bond donors (Lipinski definition) is 6. The number of benzene rings is 2. The summed E-state index contributed by atoms with van der Waals surface area (Å²) in [6, 6.07) is 7.85. The summed E-state index contributed by atoms with van der Waals surface area (Å²) in [5.74, 6) is -1.17. The molecule has 6 N–H and O–H groups in total. The molecule has 162 valence electrons. The number of aliphatic hydroxyl groups excluding tert-OH is 1. The zero-order valence-electron chi connectivity index (χ0n) is 16.1. The quantitative estimate of drug-likeness (QED) is 0.284. The summed E-state index contributed by atoms with van der Waals surface area (Å²) >= 11 is 0. The molecule has 29 heavy (non-hydrogen) atoms. The van der Waals surface area contributed by atoms with Gasteiger partial charge in [0.25, 0.3) is 0 Å². The second kappa shape index (κ2) is 10.9. The van der Waals surface area contributed by atoms with Crippen LogP contribution >= 0.6 is 0 Å². The molecule has 9 nitrogen and oxygen atoms in total. The Morgan fingerprint density at radius 3 is 1.83 bits per heavy atom. The van der Waals surface area contributed by atoms with Crippen molar-refractivity contribution in [2.24, 2.45) is 0 Å². The van der Waals surface area contributed by atoms with E-state index in [0.29, 0.717) is 12.0 Å². The Hall–Kier alpha value is -2.53. The maximum absolute atomic E-state index is 11.0. The highest BCUT2D eigenvalue weighted by Crippen LogP contribution is 2.30. The van der Waals surface area contributed by atoms with Crippen LogP contribution in [0.3, 0.4) is 0 Å². The van der Waals surface area contributed by atoms with Crippen LogP contribution in [-0.2, 0) is 10.1 Å². The molecule has 2 aromatic rings. The van der Waals surface area contributed by atoms with Crippen LogP contribution in [0.4, 0.5) is 0 Å².